The maximum absolute atomic E-state index is 13.0. The van der Waals surface area contributed by atoms with Gasteiger partial charge in [0.05, 0.1) is 43.3 Å². The lowest BCUT2D eigenvalue weighted by atomic mass is 10.1. The average Bonchev–Trinajstić information content (AvgIpc) is 2.72. The van der Waals surface area contributed by atoms with Crippen LogP contribution in [0.25, 0.3) is 10.9 Å². The predicted molar refractivity (Wildman–Crippen MR) is 113 cm³/mol. The smallest absolute Gasteiger partial charge is 0.337 e. The molecule has 152 valence electrons. The Balaban J connectivity index is 2.02. The van der Waals surface area contributed by atoms with E-state index in [4.69, 9.17) is 26.4 Å². The summed E-state index contributed by atoms with van der Waals surface area (Å²) >= 11 is 5.39. The van der Waals surface area contributed by atoms with Gasteiger partial charge in [-0.3, -0.25) is 9.36 Å². The second-order valence-corrected chi connectivity index (χ2v) is 6.61. The molecule has 0 fully saturated rings. The minimum atomic E-state index is -0.478. The van der Waals surface area contributed by atoms with Crippen LogP contribution >= 0.6 is 12.2 Å². The molecule has 8 heteroatoms. The first-order chi connectivity index (χ1) is 14.0. The zero-order valence-corrected chi connectivity index (χ0v) is 17.3. The molecule has 0 aliphatic carbocycles. The molecule has 3 aromatic rings. The van der Waals surface area contributed by atoms with Crippen LogP contribution in [0.5, 0.6) is 11.5 Å². The number of ether oxygens (including phenoxy) is 3. The third kappa shape index (κ3) is 4.32. The Labute approximate surface area is 172 Å². The van der Waals surface area contributed by atoms with Crippen LogP contribution in [0, 0.1) is 4.77 Å². The van der Waals surface area contributed by atoms with E-state index in [1.807, 2.05) is 32.0 Å². The van der Waals surface area contributed by atoms with Crippen molar-refractivity contribution < 1.29 is 19.0 Å². The van der Waals surface area contributed by atoms with Gasteiger partial charge in [0.15, 0.2) is 16.3 Å². The molecule has 0 aliphatic heterocycles. The van der Waals surface area contributed by atoms with Crippen LogP contribution in [0.4, 0.5) is 0 Å². The first kappa shape index (κ1) is 20.6. The number of carbonyl (C=O) groups is 1. The van der Waals surface area contributed by atoms with Crippen LogP contribution < -0.4 is 15.0 Å². The number of H-pyrrole nitrogens is 1. The summed E-state index contributed by atoms with van der Waals surface area (Å²) in [4.78, 5) is 27.7. The molecule has 7 nitrogen and oxygen atoms in total. The second kappa shape index (κ2) is 8.91. The van der Waals surface area contributed by atoms with E-state index < -0.39 is 5.97 Å². The standard InChI is InChI=1S/C21H22N2O5S/c1-4-27-17-9-6-13(10-18(17)28-5-2)12-23-19(24)15-8-7-14(20(25)26-3)11-16(15)22-21(23)29/h6-11H,4-5,12H2,1-3H3,(H,22,29). The third-order valence-electron chi connectivity index (χ3n) is 4.35. The SMILES string of the molecule is CCOc1ccc(Cn2c(=S)[nH]c3cc(C(=O)OC)ccc3c2=O)cc1OCC. The lowest BCUT2D eigenvalue weighted by molar-refractivity contribution is 0.0601. The van der Waals surface area contributed by atoms with E-state index in [1.165, 1.54) is 11.7 Å². The molecule has 0 bridgehead atoms. The zero-order chi connectivity index (χ0) is 21.0. The van der Waals surface area contributed by atoms with Gasteiger partial charge in [0, 0.05) is 0 Å². The molecule has 3 rings (SSSR count). The number of hydrogen-bond donors (Lipinski definition) is 1. The Hall–Kier alpha value is -3.13. The largest absolute Gasteiger partial charge is 0.490 e. The minimum absolute atomic E-state index is 0.244. The van der Waals surface area contributed by atoms with Gasteiger partial charge in [0.25, 0.3) is 5.56 Å². The van der Waals surface area contributed by atoms with Crippen molar-refractivity contribution in [2.75, 3.05) is 20.3 Å². The normalized spacial score (nSPS) is 10.7. The summed E-state index contributed by atoms with van der Waals surface area (Å²) in [5.41, 5.74) is 1.44. The fraction of sp³-hybridized carbons (Fsp3) is 0.286. The maximum atomic E-state index is 13.0. The van der Waals surface area contributed by atoms with E-state index in [0.717, 1.165) is 5.56 Å². The Kier molecular flexibility index (Phi) is 6.33. The number of rotatable bonds is 7. The summed E-state index contributed by atoms with van der Waals surface area (Å²) in [7, 11) is 1.31. The Morgan fingerprint density at radius 3 is 2.48 bits per heavy atom. The van der Waals surface area contributed by atoms with E-state index in [-0.39, 0.29) is 16.9 Å². The zero-order valence-electron chi connectivity index (χ0n) is 16.5. The molecule has 0 saturated carbocycles. The van der Waals surface area contributed by atoms with Gasteiger partial charge in [-0.15, -0.1) is 0 Å². The molecule has 0 spiro atoms. The van der Waals surface area contributed by atoms with Gasteiger partial charge in [0.2, 0.25) is 0 Å². The lowest BCUT2D eigenvalue weighted by Crippen LogP contribution is -2.23. The number of benzene rings is 2. The topological polar surface area (TPSA) is 82.5 Å². The molecule has 1 heterocycles. The number of nitrogens with one attached hydrogen (secondary N) is 1. The minimum Gasteiger partial charge on any atom is -0.490 e. The molecule has 0 atom stereocenters. The van der Waals surface area contributed by atoms with Gasteiger partial charge in [-0.25, -0.2) is 4.79 Å². The molecular weight excluding hydrogens is 392 g/mol. The van der Waals surface area contributed by atoms with Gasteiger partial charge in [-0.1, -0.05) is 6.07 Å². The Morgan fingerprint density at radius 1 is 1.07 bits per heavy atom. The summed E-state index contributed by atoms with van der Waals surface area (Å²) in [5, 5.41) is 0.433. The highest BCUT2D eigenvalue weighted by molar-refractivity contribution is 7.71. The van der Waals surface area contributed by atoms with E-state index in [0.29, 0.717) is 41.2 Å². The molecule has 0 saturated heterocycles. The van der Waals surface area contributed by atoms with Gasteiger partial charge >= 0.3 is 5.97 Å². The van der Waals surface area contributed by atoms with Crippen LogP contribution in [0.2, 0.25) is 0 Å². The summed E-state index contributed by atoms with van der Waals surface area (Å²) in [5.74, 6) is 0.802. The van der Waals surface area contributed by atoms with E-state index in [1.54, 1.807) is 18.2 Å². The predicted octanol–water partition coefficient (Wildman–Crippen LogP) is 3.69. The second-order valence-electron chi connectivity index (χ2n) is 6.22. The fourth-order valence-electron chi connectivity index (χ4n) is 3.02. The quantitative estimate of drug-likeness (QED) is 0.469. The summed E-state index contributed by atoms with van der Waals surface area (Å²) in [6.45, 7) is 5.11. The molecule has 0 unspecified atom stereocenters. The van der Waals surface area contributed by atoms with E-state index in [9.17, 15) is 9.59 Å². The molecule has 0 amide bonds. The highest BCUT2D eigenvalue weighted by Gasteiger charge is 2.12. The number of hydrogen-bond acceptors (Lipinski definition) is 6. The Morgan fingerprint density at radius 2 is 1.79 bits per heavy atom. The highest BCUT2D eigenvalue weighted by atomic mass is 32.1. The lowest BCUT2D eigenvalue weighted by Gasteiger charge is -2.13. The molecule has 1 aromatic heterocycles. The van der Waals surface area contributed by atoms with Crippen molar-refractivity contribution >= 4 is 29.1 Å². The van der Waals surface area contributed by atoms with Crippen LogP contribution in [-0.2, 0) is 11.3 Å². The van der Waals surface area contributed by atoms with Crippen molar-refractivity contribution in [1.29, 1.82) is 0 Å². The summed E-state index contributed by atoms with van der Waals surface area (Å²) < 4.78 is 17.7. The van der Waals surface area contributed by atoms with Crippen molar-refractivity contribution in [2.24, 2.45) is 0 Å². The number of aromatic amines is 1. The van der Waals surface area contributed by atoms with Crippen molar-refractivity contribution in [2.45, 2.75) is 20.4 Å². The number of esters is 1. The van der Waals surface area contributed by atoms with Gasteiger partial charge in [-0.2, -0.15) is 0 Å². The first-order valence-corrected chi connectivity index (χ1v) is 9.63. The molecule has 0 radical (unpaired) electrons. The van der Waals surface area contributed by atoms with Crippen LogP contribution in [0.1, 0.15) is 29.8 Å². The third-order valence-corrected chi connectivity index (χ3v) is 4.67. The number of fused-ring (bicyclic) bond motifs is 1. The molecular formula is C21H22N2O5S. The van der Waals surface area contributed by atoms with Crippen molar-refractivity contribution in [3.8, 4) is 11.5 Å². The van der Waals surface area contributed by atoms with E-state index >= 15 is 0 Å². The van der Waals surface area contributed by atoms with Crippen LogP contribution in [0.15, 0.2) is 41.2 Å². The monoisotopic (exact) mass is 414 g/mol. The number of methoxy groups -OCH3 is 1. The van der Waals surface area contributed by atoms with Gasteiger partial charge in [-0.05, 0) is 62.0 Å². The van der Waals surface area contributed by atoms with Crippen molar-refractivity contribution in [3.63, 3.8) is 0 Å². The van der Waals surface area contributed by atoms with Crippen LogP contribution in [0.3, 0.4) is 0 Å². The number of nitrogens with zero attached hydrogens (tertiary/aromatic N) is 1. The first-order valence-electron chi connectivity index (χ1n) is 9.22. The molecule has 2 aromatic carbocycles. The van der Waals surface area contributed by atoms with Gasteiger partial charge < -0.3 is 19.2 Å². The number of carbonyl (C=O) groups excluding carboxylic acids is 1. The Bertz CT molecular complexity index is 1170. The molecule has 0 aliphatic rings. The van der Waals surface area contributed by atoms with Crippen molar-refractivity contribution in [1.82, 2.24) is 9.55 Å². The maximum Gasteiger partial charge on any atom is 0.337 e. The fourth-order valence-corrected chi connectivity index (χ4v) is 3.28. The highest BCUT2D eigenvalue weighted by Crippen LogP contribution is 2.28. The average molecular weight is 414 g/mol. The summed E-state index contributed by atoms with van der Waals surface area (Å²) in [6, 6.07) is 10.3. The van der Waals surface area contributed by atoms with Crippen LogP contribution in [-0.4, -0.2) is 35.8 Å². The summed E-state index contributed by atoms with van der Waals surface area (Å²) in [6.07, 6.45) is 0. The number of aromatic nitrogens is 2. The molecule has 1 N–H and O–H groups in total. The van der Waals surface area contributed by atoms with Crippen molar-refractivity contribution in [3.05, 3.63) is 62.6 Å². The van der Waals surface area contributed by atoms with E-state index in [2.05, 4.69) is 4.98 Å². The molecule has 29 heavy (non-hydrogen) atoms. The van der Waals surface area contributed by atoms with Gasteiger partial charge in [0.1, 0.15) is 0 Å².